The molecule has 1 atom stereocenters. The minimum atomic E-state index is -0.854. The second-order valence-electron chi connectivity index (χ2n) is 6.01. The number of fused-ring (bicyclic) bond motifs is 1. The Morgan fingerprint density at radius 2 is 1.96 bits per heavy atom. The van der Waals surface area contributed by atoms with Gasteiger partial charge in [-0.1, -0.05) is 18.2 Å². The lowest BCUT2D eigenvalue weighted by molar-refractivity contribution is -0.149. The van der Waals surface area contributed by atoms with E-state index in [2.05, 4.69) is 10.3 Å². The number of hydrogen-bond acceptors (Lipinski definition) is 6. The number of thiophene rings is 1. The van der Waals surface area contributed by atoms with Gasteiger partial charge in [0.25, 0.3) is 0 Å². The van der Waals surface area contributed by atoms with Crippen LogP contribution in [0.2, 0.25) is 0 Å². The van der Waals surface area contributed by atoms with Gasteiger partial charge in [0.1, 0.15) is 5.82 Å². The summed E-state index contributed by atoms with van der Waals surface area (Å²) in [4.78, 5) is 40.7. The van der Waals surface area contributed by atoms with Gasteiger partial charge >= 0.3 is 5.97 Å². The maximum Gasteiger partial charge on any atom is 0.304 e. The predicted octanol–water partition coefficient (Wildman–Crippen LogP) is 2.55. The van der Waals surface area contributed by atoms with Crippen LogP contribution in [-0.4, -0.2) is 33.4 Å². The third kappa shape index (κ3) is 4.59. The second kappa shape index (κ2) is 8.13. The summed E-state index contributed by atoms with van der Waals surface area (Å²) in [5.74, 6) is -0.302. The molecule has 7 nitrogen and oxygen atoms in total. The molecule has 2 heterocycles. The predicted molar refractivity (Wildman–Crippen MR) is 101 cm³/mol. The first-order valence-corrected chi connectivity index (χ1v) is 9.27. The lowest BCUT2D eigenvalue weighted by Gasteiger charge is -2.18. The number of benzene rings is 1. The van der Waals surface area contributed by atoms with Crippen LogP contribution >= 0.6 is 11.3 Å². The highest BCUT2D eigenvalue weighted by molar-refractivity contribution is 7.12. The summed E-state index contributed by atoms with van der Waals surface area (Å²) < 4.78 is 6.99. The number of ketones is 1. The van der Waals surface area contributed by atoms with Gasteiger partial charge in [0, 0.05) is 13.8 Å². The van der Waals surface area contributed by atoms with Crippen LogP contribution in [0.5, 0.6) is 0 Å². The standard InChI is InChI=1S/C19H19N3O4S/c1-12(23)20-19(26-13(2)24)10-18-21-14-6-3-4-7-15(14)22(18)11-16(25)17-8-5-9-27-17/h3-9,19H,10-11H2,1-2H3,(H,20,23). The molecule has 1 aromatic carbocycles. The number of carbonyl (C=O) groups excluding carboxylic acids is 3. The molecule has 0 aliphatic heterocycles. The highest BCUT2D eigenvalue weighted by atomic mass is 32.1. The van der Waals surface area contributed by atoms with Crippen LogP contribution in [0.4, 0.5) is 0 Å². The molecular formula is C19H19N3O4S. The van der Waals surface area contributed by atoms with Gasteiger partial charge in [0.05, 0.1) is 28.9 Å². The molecular weight excluding hydrogens is 366 g/mol. The van der Waals surface area contributed by atoms with E-state index in [4.69, 9.17) is 4.74 Å². The molecule has 0 fully saturated rings. The third-order valence-corrected chi connectivity index (χ3v) is 4.78. The van der Waals surface area contributed by atoms with E-state index in [1.807, 2.05) is 35.7 Å². The van der Waals surface area contributed by atoms with Crippen LogP contribution in [0, 0.1) is 0 Å². The Labute approximate surface area is 160 Å². The van der Waals surface area contributed by atoms with E-state index < -0.39 is 12.2 Å². The summed E-state index contributed by atoms with van der Waals surface area (Å²) in [6, 6.07) is 11.1. The van der Waals surface area contributed by atoms with E-state index in [1.54, 1.807) is 10.6 Å². The Balaban J connectivity index is 1.94. The summed E-state index contributed by atoms with van der Waals surface area (Å²) >= 11 is 1.39. The molecule has 1 N–H and O–H groups in total. The average molecular weight is 385 g/mol. The summed E-state index contributed by atoms with van der Waals surface area (Å²) in [5.41, 5.74) is 1.54. The number of para-hydroxylation sites is 2. The molecule has 0 radical (unpaired) electrons. The Morgan fingerprint density at radius 1 is 1.19 bits per heavy atom. The maximum atomic E-state index is 12.6. The molecule has 1 unspecified atom stereocenters. The summed E-state index contributed by atoms with van der Waals surface area (Å²) in [5, 5.41) is 4.45. The third-order valence-electron chi connectivity index (χ3n) is 3.87. The minimum Gasteiger partial charge on any atom is -0.441 e. The van der Waals surface area contributed by atoms with E-state index in [0.29, 0.717) is 10.7 Å². The number of hydrogen-bond donors (Lipinski definition) is 1. The molecule has 3 rings (SSSR count). The highest BCUT2D eigenvalue weighted by Crippen LogP contribution is 2.19. The van der Waals surface area contributed by atoms with Crippen molar-refractivity contribution in [2.24, 2.45) is 0 Å². The number of carbonyl (C=O) groups is 3. The van der Waals surface area contributed by atoms with Crippen molar-refractivity contribution in [1.82, 2.24) is 14.9 Å². The van der Waals surface area contributed by atoms with E-state index in [1.165, 1.54) is 25.2 Å². The van der Waals surface area contributed by atoms with E-state index in [-0.39, 0.29) is 24.7 Å². The van der Waals surface area contributed by atoms with Crippen molar-refractivity contribution in [2.75, 3.05) is 0 Å². The molecule has 1 amide bonds. The van der Waals surface area contributed by atoms with Gasteiger partial charge in [0.15, 0.2) is 12.0 Å². The van der Waals surface area contributed by atoms with Crippen LogP contribution in [0.1, 0.15) is 29.3 Å². The molecule has 0 saturated heterocycles. The average Bonchev–Trinajstić information content (AvgIpc) is 3.23. The monoisotopic (exact) mass is 385 g/mol. The lowest BCUT2D eigenvalue weighted by Crippen LogP contribution is -2.39. The molecule has 8 heteroatoms. The lowest BCUT2D eigenvalue weighted by atomic mass is 10.2. The Bertz CT molecular complexity index is 962. The van der Waals surface area contributed by atoms with Crippen LogP contribution in [0.15, 0.2) is 41.8 Å². The number of Topliss-reactive ketones (excluding diaryl/α,β-unsaturated/α-hetero) is 1. The smallest absolute Gasteiger partial charge is 0.304 e. The van der Waals surface area contributed by atoms with Crippen molar-refractivity contribution in [2.45, 2.75) is 33.0 Å². The number of nitrogens with zero attached hydrogens (tertiary/aromatic N) is 2. The number of esters is 1. The quantitative estimate of drug-likeness (QED) is 0.383. The first kappa shape index (κ1) is 18.8. The zero-order chi connectivity index (χ0) is 19.4. The van der Waals surface area contributed by atoms with Crippen LogP contribution in [0.25, 0.3) is 11.0 Å². The Kier molecular flexibility index (Phi) is 5.66. The van der Waals surface area contributed by atoms with E-state index in [9.17, 15) is 14.4 Å². The second-order valence-corrected chi connectivity index (χ2v) is 6.95. The van der Waals surface area contributed by atoms with Crippen molar-refractivity contribution in [1.29, 1.82) is 0 Å². The number of aromatic nitrogens is 2. The van der Waals surface area contributed by atoms with E-state index in [0.717, 1.165) is 11.0 Å². The van der Waals surface area contributed by atoms with Crippen molar-refractivity contribution in [3.8, 4) is 0 Å². The topological polar surface area (TPSA) is 90.3 Å². The summed E-state index contributed by atoms with van der Waals surface area (Å²) in [6.07, 6.45) is -0.696. The number of ether oxygens (including phenoxy) is 1. The molecule has 3 aromatic rings. The largest absolute Gasteiger partial charge is 0.441 e. The van der Waals surface area contributed by atoms with Gasteiger partial charge in [-0.25, -0.2) is 4.98 Å². The zero-order valence-electron chi connectivity index (χ0n) is 15.0. The maximum absolute atomic E-state index is 12.6. The number of rotatable bonds is 7. The number of nitrogens with one attached hydrogen (secondary N) is 1. The molecule has 2 aromatic heterocycles. The fraction of sp³-hybridized carbons (Fsp3) is 0.263. The first-order chi connectivity index (χ1) is 12.9. The zero-order valence-corrected chi connectivity index (χ0v) is 15.8. The summed E-state index contributed by atoms with van der Waals surface area (Å²) in [7, 11) is 0. The van der Waals surface area contributed by atoms with Crippen molar-refractivity contribution in [3.63, 3.8) is 0 Å². The van der Waals surface area contributed by atoms with Gasteiger partial charge in [-0.15, -0.1) is 11.3 Å². The number of imidazole rings is 1. The Morgan fingerprint density at radius 3 is 2.63 bits per heavy atom. The molecule has 0 spiro atoms. The van der Waals surface area contributed by atoms with Crippen LogP contribution < -0.4 is 5.32 Å². The SMILES string of the molecule is CC(=O)NC(Cc1nc2ccccc2n1CC(=O)c1cccs1)OC(C)=O. The molecule has 0 aliphatic carbocycles. The fourth-order valence-electron chi connectivity index (χ4n) is 2.83. The van der Waals surface area contributed by atoms with Gasteiger partial charge in [-0.05, 0) is 23.6 Å². The fourth-order valence-corrected chi connectivity index (χ4v) is 3.49. The molecule has 140 valence electrons. The first-order valence-electron chi connectivity index (χ1n) is 8.39. The molecule has 27 heavy (non-hydrogen) atoms. The Hall–Kier alpha value is -3.00. The van der Waals surface area contributed by atoms with Crippen LogP contribution in [-0.2, 0) is 27.3 Å². The molecule has 0 saturated carbocycles. The van der Waals surface area contributed by atoms with E-state index >= 15 is 0 Å². The van der Waals surface area contributed by atoms with Gasteiger partial charge in [0.2, 0.25) is 5.91 Å². The highest BCUT2D eigenvalue weighted by Gasteiger charge is 2.21. The molecule has 0 bridgehead atoms. The van der Waals surface area contributed by atoms with Crippen molar-refractivity contribution in [3.05, 3.63) is 52.5 Å². The minimum absolute atomic E-state index is 0.0297. The van der Waals surface area contributed by atoms with Crippen molar-refractivity contribution >= 4 is 40.0 Å². The summed E-state index contributed by atoms with van der Waals surface area (Å²) in [6.45, 7) is 2.74. The van der Waals surface area contributed by atoms with Crippen LogP contribution in [0.3, 0.4) is 0 Å². The molecule has 0 aliphatic rings. The normalized spacial score (nSPS) is 11.9. The van der Waals surface area contributed by atoms with Crippen molar-refractivity contribution < 1.29 is 19.1 Å². The number of amides is 1. The van der Waals surface area contributed by atoms with Gasteiger partial charge in [-0.3, -0.25) is 14.4 Å². The van der Waals surface area contributed by atoms with Gasteiger partial charge in [-0.2, -0.15) is 0 Å². The van der Waals surface area contributed by atoms with Gasteiger partial charge < -0.3 is 14.6 Å².